The second-order valence-corrected chi connectivity index (χ2v) is 11.1. The molecule has 1 N–H and O–H groups in total. The summed E-state index contributed by atoms with van der Waals surface area (Å²) >= 11 is 3.48. The highest BCUT2D eigenvalue weighted by atomic mass is 79.9. The third-order valence-electron chi connectivity index (χ3n) is 7.84. The third kappa shape index (κ3) is 6.11. The van der Waals surface area contributed by atoms with Crippen LogP contribution < -0.4 is 5.32 Å². The molecule has 1 spiro atoms. The van der Waals surface area contributed by atoms with E-state index in [0.717, 1.165) is 61.9 Å². The molecule has 0 radical (unpaired) electrons. The zero-order valence-corrected chi connectivity index (χ0v) is 22.6. The molecule has 0 saturated carbocycles. The number of benzene rings is 2. The number of pyridine rings is 1. The fourth-order valence-corrected chi connectivity index (χ4v) is 5.84. The molecule has 0 bridgehead atoms. The lowest BCUT2D eigenvalue weighted by Crippen LogP contribution is -2.45. The predicted octanol–water partition coefficient (Wildman–Crippen LogP) is 5.22. The second-order valence-electron chi connectivity index (χ2n) is 10.2. The molecule has 2 aliphatic heterocycles. The summed E-state index contributed by atoms with van der Waals surface area (Å²) < 4.78 is 1.05. The van der Waals surface area contributed by atoms with Crippen LogP contribution in [0.1, 0.15) is 53.3 Å². The molecule has 2 aromatic carbocycles. The van der Waals surface area contributed by atoms with Gasteiger partial charge in [0.05, 0.1) is 11.5 Å². The van der Waals surface area contributed by atoms with Gasteiger partial charge in [0.1, 0.15) is 5.69 Å². The fraction of sp³-hybridized carbons (Fsp3) is 0.367. The molecule has 3 aromatic rings. The number of nitrogens with one attached hydrogen (secondary N) is 1. The highest BCUT2D eigenvalue weighted by Crippen LogP contribution is 2.42. The first-order chi connectivity index (χ1) is 18.0. The summed E-state index contributed by atoms with van der Waals surface area (Å²) in [4.78, 5) is 34.9. The van der Waals surface area contributed by atoms with Crippen LogP contribution in [0, 0.1) is 5.41 Å². The van der Waals surface area contributed by atoms with E-state index < -0.39 is 0 Å². The van der Waals surface area contributed by atoms with Gasteiger partial charge in [0.2, 0.25) is 5.91 Å². The molecule has 2 aliphatic rings. The van der Waals surface area contributed by atoms with Gasteiger partial charge in [-0.2, -0.15) is 0 Å². The molecular formula is C30H33BrN4O2. The largest absolute Gasteiger partial charge is 0.344 e. The molecule has 1 aromatic heterocycles. The Hall–Kier alpha value is -3.03. The zero-order valence-electron chi connectivity index (χ0n) is 21.0. The van der Waals surface area contributed by atoms with Crippen molar-refractivity contribution < 1.29 is 9.59 Å². The van der Waals surface area contributed by atoms with Crippen molar-refractivity contribution >= 4 is 27.7 Å². The van der Waals surface area contributed by atoms with Gasteiger partial charge in [0.15, 0.2) is 0 Å². The van der Waals surface area contributed by atoms with E-state index in [-0.39, 0.29) is 17.4 Å². The highest BCUT2D eigenvalue weighted by molar-refractivity contribution is 9.10. The normalized spacial score (nSPS) is 18.2. The molecule has 37 heavy (non-hydrogen) atoms. The minimum absolute atomic E-state index is 0.0962. The number of carbonyl (C=O) groups is 2. The SMILES string of the molecule is O=C(NC(CCN1CCC2(CC1)CCN(Cc1ccc(Br)cc1)C2=O)c1ccccc1)c1ccccn1. The monoisotopic (exact) mass is 560 g/mol. The maximum Gasteiger partial charge on any atom is 0.270 e. The van der Waals surface area contributed by atoms with Crippen LogP contribution in [0.15, 0.2) is 83.5 Å². The van der Waals surface area contributed by atoms with E-state index in [1.807, 2.05) is 47.4 Å². The predicted molar refractivity (Wildman–Crippen MR) is 148 cm³/mol. The molecule has 5 rings (SSSR count). The average molecular weight is 562 g/mol. The lowest BCUT2D eigenvalue weighted by molar-refractivity contribution is -0.138. The Bertz CT molecular complexity index is 1200. The van der Waals surface area contributed by atoms with Crippen LogP contribution in [0.25, 0.3) is 0 Å². The van der Waals surface area contributed by atoms with Gasteiger partial charge >= 0.3 is 0 Å². The topological polar surface area (TPSA) is 65.5 Å². The summed E-state index contributed by atoms with van der Waals surface area (Å²) in [6.07, 6.45) is 5.19. The van der Waals surface area contributed by atoms with Crippen LogP contribution in [0.4, 0.5) is 0 Å². The Kier molecular flexibility index (Phi) is 8.01. The summed E-state index contributed by atoms with van der Waals surface area (Å²) in [6.45, 7) is 4.22. The highest BCUT2D eigenvalue weighted by Gasteiger charge is 2.47. The number of rotatable bonds is 8. The maximum atomic E-state index is 13.4. The number of halogens is 1. The number of piperidine rings is 1. The summed E-state index contributed by atoms with van der Waals surface area (Å²) in [5.74, 6) is 0.161. The van der Waals surface area contributed by atoms with Gasteiger partial charge in [-0.3, -0.25) is 14.6 Å². The van der Waals surface area contributed by atoms with E-state index in [1.165, 1.54) is 5.56 Å². The van der Waals surface area contributed by atoms with Crippen molar-refractivity contribution in [1.29, 1.82) is 0 Å². The van der Waals surface area contributed by atoms with Crippen molar-refractivity contribution in [1.82, 2.24) is 20.1 Å². The first kappa shape index (κ1) is 25.6. The van der Waals surface area contributed by atoms with E-state index in [1.54, 1.807) is 12.3 Å². The van der Waals surface area contributed by atoms with Gasteiger partial charge in [0.25, 0.3) is 5.91 Å². The lowest BCUT2D eigenvalue weighted by Gasteiger charge is -2.38. The maximum absolute atomic E-state index is 13.4. The van der Waals surface area contributed by atoms with E-state index in [4.69, 9.17) is 0 Å². The van der Waals surface area contributed by atoms with Gasteiger partial charge in [-0.15, -0.1) is 0 Å². The van der Waals surface area contributed by atoms with E-state index >= 15 is 0 Å². The number of carbonyl (C=O) groups excluding carboxylic acids is 2. The quantitative estimate of drug-likeness (QED) is 0.410. The van der Waals surface area contributed by atoms with Crippen LogP contribution >= 0.6 is 15.9 Å². The minimum Gasteiger partial charge on any atom is -0.344 e. The van der Waals surface area contributed by atoms with E-state index in [9.17, 15) is 9.59 Å². The van der Waals surface area contributed by atoms with Gasteiger partial charge in [-0.05, 0) is 74.2 Å². The summed E-state index contributed by atoms with van der Waals surface area (Å²) in [6, 6.07) is 23.6. The Labute approximate surface area is 227 Å². The van der Waals surface area contributed by atoms with Crippen LogP contribution in [-0.4, -0.2) is 52.8 Å². The molecular weight excluding hydrogens is 528 g/mol. The Morgan fingerprint density at radius 2 is 1.65 bits per heavy atom. The van der Waals surface area contributed by atoms with Crippen molar-refractivity contribution in [3.8, 4) is 0 Å². The van der Waals surface area contributed by atoms with Crippen molar-refractivity contribution in [2.24, 2.45) is 5.41 Å². The molecule has 1 atom stereocenters. The Morgan fingerprint density at radius 1 is 0.946 bits per heavy atom. The molecule has 3 heterocycles. The van der Waals surface area contributed by atoms with Gasteiger partial charge in [0, 0.05) is 30.3 Å². The number of nitrogens with zero attached hydrogens (tertiary/aromatic N) is 3. The Morgan fingerprint density at radius 3 is 2.35 bits per heavy atom. The van der Waals surface area contributed by atoms with Crippen LogP contribution in [-0.2, 0) is 11.3 Å². The molecule has 0 aliphatic carbocycles. The molecule has 2 saturated heterocycles. The van der Waals surface area contributed by atoms with Gasteiger partial charge in [-0.1, -0.05) is 64.5 Å². The molecule has 1 unspecified atom stereocenters. The summed E-state index contributed by atoms with van der Waals surface area (Å²) in [7, 11) is 0. The Balaban J connectivity index is 1.16. The van der Waals surface area contributed by atoms with Crippen molar-refractivity contribution in [3.63, 3.8) is 0 Å². The second kappa shape index (κ2) is 11.6. The molecule has 2 amide bonds. The molecule has 7 heteroatoms. The molecule has 192 valence electrons. The first-order valence-corrected chi connectivity index (χ1v) is 13.8. The number of likely N-dealkylation sites (tertiary alicyclic amines) is 2. The van der Waals surface area contributed by atoms with Crippen molar-refractivity contribution in [2.45, 2.75) is 38.3 Å². The fourth-order valence-electron chi connectivity index (χ4n) is 5.57. The lowest BCUT2D eigenvalue weighted by atomic mass is 9.77. The average Bonchev–Trinajstić information content (AvgIpc) is 3.23. The first-order valence-electron chi connectivity index (χ1n) is 13.1. The van der Waals surface area contributed by atoms with E-state index in [2.05, 4.69) is 55.4 Å². The number of amides is 2. The van der Waals surface area contributed by atoms with Gasteiger partial charge in [-0.25, -0.2) is 0 Å². The smallest absolute Gasteiger partial charge is 0.270 e. The summed E-state index contributed by atoms with van der Waals surface area (Å²) in [5, 5.41) is 3.19. The van der Waals surface area contributed by atoms with Crippen molar-refractivity contribution in [3.05, 3.63) is 100 Å². The van der Waals surface area contributed by atoms with Crippen LogP contribution in [0.5, 0.6) is 0 Å². The summed E-state index contributed by atoms with van der Waals surface area (Å²) in [5.41, 5.74) is 2.48. The van der Waals surface area contributed by atoms with Crippen LogP contribution in [0.3, 0.4) is 0 Å². The third-order valence-corrected chi connectivity index (χ3v) is 8.37. The van der Waals surface area contributed by atoms with Crippen LogP contribution in [0.2, 0.25) is 0 Å². The molecule has 2 fully saturated rings. The van der Waals surface area contributed by atoms with Crippen molar-refractivity contribution in [2.75, 3.05) is 26.2 Å². The minimum atomic E-state index is -0.210. The number of hydrogen-bond donors (Lipinski definition) is 1. The zero-order chi connectivity index (χ0) is 25.7. The van der Waals surface area contributed by atoms with E-state index in [0.29, 0.717) is 18.1 Å². The van der Waals surface area contributed by atoms with Gasteiger partial charge < -0.3 is 15.1 Å². The number of aromatic nitrogens is 1. The molecule has 6 nitrogen and oxygen atoms in total. The standard InChI is InChI=1S/C30H33BrN4O2/c31-25-11-9-23(10-12-25)22-35-21-16-30(29(35)37)14-19-34(20-15-30)18-13-26(24-6-2-1-3-7-24)33-28(36)27-8-4-5-17-32-27/h1-12,17,26H,13-16,18-22H2,(H,33,36). The number of hydrogen-bond acceptors (Lipinski definition) is 4.